The minimum atomic E-state index is 0.382. The second kappa shape index (κ2) is 3.35. The van der Waals surface area contributed by atoms with E-state index in [4.69, 9.17) is 4.74 Å². The first kappa shape index (κ1) is 9.71. The van der Waals surface area contributed by atoms with Crippen LogP contribution in [0, 0.1) is 3.57 Å². The Hall–Kier alpha value is -1.29. The fraction of sp³-hybridized carbons (Fsp3) is 0.0667. The molecule has 1 atom stereocenters. The molecule has 2 aromatic carbocycles. The van der Waals surface area contributed by atoms with Crippen LogP contribution in [-0.2, 0) is 0 Å². The molecule has 0 saturated carbocycles. The summed E-state index contributed by atoms with van der Waals surface area (Å²) in [4.78, 5) is 0. The number of benzene rings is 2. The summed E-state index contributed by atoms with van der Waals surface area (Å²) in [6.45, 7) is 0. The third kappa shape index (κ3) is 1.37. The molecular formula is C15H9IO. The van der Waals surface area contributed by atoms with Crippen LogP contribution in [0.1, 0.15) is 22.6 Å². The molecule has 2 aromatic rings. The second-order valence-electron chi connectivity index (χ2n) is 4.42. The predicted molar refractivity (Wildman–Crippen MR) is 76.6 cm³/mol. The number of fused-ring (bicyclic) bond motifs is 1. The van der Waals surface area contributed by atoms with Gasteiger partial charge < -0.3 is 4.74 Å². The first-order valence-corrected chi connectivity index (χ1v) is 6.68. The van der Waals surface area contributed by atoms with Crippen molar-refractivity contribution in [2.45, 2.75) is 5.92 Å². The average Bonchev–Trinajstić information content (AvgIpc) is 2.74. The topological polar surface area (TPSA) is 9.23 Å². The molecule has 0 amide bonds. The van der Waals surface area contributed by atoms with Crippen molar-refractivity contribution in [2.75, 3.05) is 0 Å². The van der Waals surface area contributed by atoms with Crippen LogP contribution in [0.25, 0.3) is 6.08 Å². The van der Waals surface area contributed by atoms with Crippen LogP contribution in [-0.4, -0.2) is 0 Å². The average molecular weight is 332 g/mol. The molecule has 0 saturated heterocycles. The van der Waals surface area contributed by atoms with Gasteiger partial charge in [0, 0.05) is 9.49 Å². The minimum absolute atomic E-state index is 0.382. The number of halogens is 1. The van der Waals surface area contributed by atoms with Crippen molar-refractivity contribution >= 4 is 28.7 Å². The van der Waals surface area contributed by atoms with Crippen LogP contribution in [0.2, 0.25) is 0 Å². The van der Waals surface area contributed by atoms with Gasteiger partial charge in [0.1, 0.15) is 11.5 Å². The van der Waals surface area contributed by atoms with Gasteiger partial charge in [-0.3, -0.25) is 0 Å². The van der Waals surface area contributed by atoms with Crippen molar-refractivity contribution < 1.29 is 4.74 Å². The third-order valence-corrected chi connectivity index (χ3v) is 4.26. The molecule has 0 aromatic heterocycles. The molecule has 82 valence electrons. The van der Waals surface area contributed by atoms with Gasteiger partial charge in [-0.05, 0) is 63.5 Å². The smallest absolute Gasteiger partial charge is 0.129 e. The Labute approximate surface area is 113 Å². The molecule has 2 heterocycles. The van der Waals surface area contributed by atoms with E-state index in [1.165, 1.54) is 20.3 Å². The zero-order valence-electron chi connectivity index (χ0n) is 8.98. The molecule has 5 rings (SSSR count). The van der Waals surface area contributed by atoms with Crippen LogP contribution in [0.15, 0.2) is 42.5 Å². The Morgan fingerprint density at radius 3 is 2.94 bits per heavy atom. The van der Waals surface area contributed by atoms with Gasteiger partial charge in [0.2, 0.25) is 0 Å². The Morgan fingerprint density at radius 2 is 2.00 bits per heavy atom. The molecule has 0 fully saturated rings. The maximum atomic E-state index is 5.90. The number of rotatable bonds is 0. The zero-order valence-corrected chi connectivity index (χ0v) is 11.1. The normalized spacial score (nSPS) is 18.5. The highest BCUT2D eigenvalue weighted by Gasteiger charge is 2.24. The lowest BCUT2D eigenvalue weighted by Crippen LogP contribution is -1.97. The minimum Gasteiger partial charge on any atom is -0.457 e. The molecule has 2 heteroatoms. The molecule has 2 aliphatic heterocycles. The van der Waals surface area contributed by atoms with Crippen molar-refractivity contribution in [1.29, 1.82) is 0 Å². The summed E-state index contributed by atoms with van der Waals surface area (Å²) in [6.07, 6.45) is 4.48. The third-order valence-electron chi connectivity index (χ3n) is 3.37. The zero-order chi connectivity index (χ0) is 11.4. The van der Waals surface area contributed by atoms with Crippen molar-refractivity contribution in [2.24, 2.45) is 0 Å². The monoisotopic (exact) mass is 332 g/mol. The van der Waals surface area contributed by atoms with Crippen LogP contribution in [0.5, 0.6) is 11.5 Å². The molecule has 1 aliphatic carbocycles. The Kier molecular flexibility index (Phi) is 1.92. The molecule has 1 nitrogen and oxygen atoms in total. The van der Waals surface area contributed by atoms with E-state index in [9.17, 15) is 0 Å². The largest absolute Gasteiger partial charge is 0.457 e. The van der Waals surface area contributed by atoms with Gasteiger partial charge in [-0.25, -0.2) is 0 Å². The van der Waals surface area contributed by atoms with E-state index in [0.717, 1.165) is 11.5 Å². The number of allylic oxidation sites excluding steroid dienone is 1. The fourth-order valence-electron chi connectivity index (χ4n) is 2.62. The molecule has 0 N–H and O–H groups in total. The molecule has 17 heavy (non-hydrogen) atoms. The number of hydrogen-bond acceptors (Lipinski definition) is 1. The van der Waals surface area contributed by atoms with Crippen LogP contribution < -0.4 is 4.74 Å². The lowest BCUT2D eigenvalue weighted by Gasteiger charge is -2.12. The highest BCUT2D eigenvalue weighted by atomic mass is 127. The molecule has 3 aliphatic rings. The van der Waals surface area contributed by atoms with Crippen LogP contribution in [0.3, 0.4) is 0 Å². The summed E-state index contributed by atoms with van der Waals surface area (Å²) in [7, 11) is 0. The number of ether oxygens (including phenoxy) is 1. The van der Waals surface area contributed by atoms with E-state index < -0.39 is 0 Å². The second-order valence-corrected chi connectivity index (χ2v) is 5.58. The summed E-state index contributed by atoms with van der Waals surface area (Å²) >= 11 is 2.40. The van der Waals surface area contributed by atoms with E-state index in [-0.39, 0.29) is 0 Å². The standard InChI is InChI=1S/C15H9IO/c16-14-8-12-7-10-4-5-13(15(10)14)9-2-1-3-11(6-9)17-12/h1-8,13H. The van der Waals surface area contributed by atoms with E-state index in [0.29, 0.717) is 5.92 Å². The van der Waals surface area contributed by atoms with Crippen LogP contribution in [0.4, 0.5) is 0 Å². The Balaban J connectivity index is 2.11. The van der Waals surface area contributed by atoms with Gasteiger partial charge in [0.05, 0.1) is 0 Å². The molecule has 1 unspecified atom stereocenters. The Bertz CT molecular complexity index is 658. The van der Waals surface area contributed by atoms with Gasteiger partial charge in [-0.15, -0.1) is 0 Å². The summed E-state index contributed by atoms with van der Waals surface area (Å²) < 4.78 is 7.18. The van der Waals surface area contributed by atoms with Crippen molar-refractivity contribution in [3.8, 4) is 11.5 Å². The quantitative estimate of drug-likeness (QED) is 0.643. The van der Waals surface area contributed by atoms with Gasteiger partial charge in [0.15, 0.2) is 0 Å². The first-order chi connectivity index (χ1) is 8.31. The maximum Gasteiger partial charge on any atom is 0.129 e. The predicted octanol–water partition coefficient (Wildman–Crippen LogP) is 4.56. The summed E-state index contributed by atoms with van der Waals surface area (Å²) in [5.41, 5.74) is 4.01. The summed E-state index contributed by atoms with van der Waals surface area (Å²) in [5, 5.41) is 0. The van der Waals surface area contributed by atoms with Crippen molar-refractivity contribution in [1.82, 2.24) is 0 Å². The van der Waals surface area contributed by atoms with Gasteiger partial charge in [-0.2, -0.15) is 0 Å². The molecule has 0 radical (unpaired) electrons. The summed E-state index contributed by atoms with van der Waals surface area (Å²) in [6, 6.07) is 12.6. The fourth-order valence-corrected chi connectivity index (χ4v) is 3.57. The van der Waals surface area contributed by atoms with Crippen molar-refractivity contribution in [3.63, 3.8) is 0 Å². The van der Waals surface area contributed by atoms with E-state index >= 15 is 0 Å². The highest BCUT2D eigenvalue weighted by molar-refractivity contribution is 14.1. The van der Waals surface area contributed by atoms with E-state index in [2.05, 4.69) is 65.1 Å². The van der Waals surface area contributed by atoms with Crippen molar-refractivity contribution in [3.05, 3.63) is 62.7 Å². The van der Waals surface area contributed by atoms with Gasteiger partial charge in [-0.1, -0.05) is 24.3 Å². The van der Waals surface area contributed by atoms with E-state index in [1.807, 2.05) is 6.07 Å². The Morgan fingerprint density at radius 1 is 1.06 bits per heavy atom. The maximum absolute atomic E-state index is 5.90. The van der Waals surface area contributed by atoms with Gasteiger partial charge >= 0.3 is 0 Å². The molecule has 6 bridgehead atoms. The lowest BCUT2D eigenvalue weighted by atomic mass is 9.93. The first-order valence-electron chi connectivity index (χ1n) is 5.61. The van der Waals surface area contributed by atoms with Crippen LogP contribution >= 0.6 is 22.6 Å². The van der Waals surface area contributed by atoms with E-state index in [1.54, 1.807) is 0 Å². The van der Waals surface area contributed by atoms with Gasteiger partial charge in [0.25, 0.3) is 0 Å². The molecule has 0 spiro atoms. The summed E-state index contributed by atoms with van der Waals surface area (Å²) in [5.74, 6) is 2.24. The molecular weight excluding hydrogens is 323 g/mol. The lowest BCUT2D eigenvalue weighted by molar-refractivity contribution is 0.482. The SMILES string of the molecule is Ic1cc2cc3c1C(C=C3)c1cccc(c1)O2. The number of hydrogen-bond donors (Lipinski definition) is 0. The highest BCUT2D eigenvalue weighted by Crippen LogP contribution is 2.43.